The van der Waals surface area contributed by atoms with Gasteiger partial charge in [-0.1, -0.05) is 50.1 Å². The fourth-order valence-electron chi connectivity index (χ4n) is 2.53. The smallest absolute Gasteiger partial charge is 0.328 e. The maximum atomic E-state index is 12.1. The molecule has 0 unspecified atom stereocenters. The van der Waals surface area contributed by atoms with Crippen molar-refractivity contribution in [2.75, 3.05) is 0 Å². The number of benzene rings is 1. The van der Waals surface area contributed by atoms with E-state index in [0.717, 1.165) is 10.9 Å². The zero-order chi connectivity index (χ0) is 12.9. The van der Waals surface area contributed by atoms with E-state index in [0.29, 0.717) is 0 Å². The lowest BCUT2D eigenvalue weighted by molar-refractivity contribution is -0.155. The molecule has 1 aromatic carbocycles. The molecule has 0 aromatic heterocycles. The Hall–Kier alpha value is 0.120. The third kappa shape index (κ3) is 1.89. The topological polar surface area (TPSA) is 26.3 Å². The summed E-state index contributed by atoms with van der Waals surface area (Å²) in [6.45, 7) is 0. The van der Waals surface area contributed by atoms with Gasteiger partial charge in [0.25, 0.3) is 0 Å². The van der Waals surface area contributed by atoms with Gasteiger partial charge in [-0.3, -0.25) is 4.79 Å². The third-order valence-corrected chi connectivity index (χ3v) is 6.28. The molecule has 18 heavy (non-hydrogen) atoms. The zero-order valence-corrected chi connectivity index (χ0v) is 14.5. The van der Waals surface area contributed by atoms with Crippen LogP contribution >= 0.6 is 54.5 Å². The summed E-state index contributed by atoms with van der Waals surface area (Å²) in [6.07, 6.45) is 2.62. The molecule has 3 aliphatic rings. The molecular weight excluding hydrogens is 475 g/mol. The summed E-state index contributed by atoms with van der Waals surface area (Å²) < 4.78 is 6.80. The van der Waals surface area contributed by atoms with Gasteiger partial charge >= 0.3 is 5.97 Å². The van der Waals surface area contributed by atoms with Gasteiger partial charge < -0.3 is 4.74 Å². The molecule has 2 bridgehead atoms. The molecule has 2 heterocycles. The van der Waals surface area contributed by atoms with Crippen molar-refractivity contribution in [1.29, 1.82) is 0 Å². The van der Waals surface area contributed by atoms with Crippen LogP contribution in [0.5, 0.6) is 0 Å². The number of carbonyl (C=O) groups is 1. The monoisotopic (exact) mass is 482 g/mol. The summed E-state index contributed by atoms with van der Waals surface area (Å²) in [5, 5.41) is 0. The van der Waals surface area contributed by atoms with Gasteiger partial charge in [0.2, 0.25) is 0 Å². The van der Waals surface area contributed by atoms with Gasteiger partial charge in [0, 0.05) is 14.0 Å². The number of carbonyl (C=O) groups excluding carboxylic acids is 1. The number of alkyl halides is 1. The first kappa shape index (κ1) is 13.1. The summed E-state index contributed by atoms with van der Waals surface area (Å²) in [6, 6.07) is 8.18. The molecule has 0 radical (unpaired) electrons. The highest BCUT2D eigenvalue weighted by atomic mass is 127. The largest absolute Gasteiger partial charge is 0.456 e. The number of halogens is 3. The molecule has 0 N–H and O–H groups in total. The van der Waals surface area contributed by atoms with Gasteiger partial charge in [-0.15, -0.1) is 0 Å². The molecule has 4 rings (SSSR count). The Morgan fingerprint density at radius 2 is 2.11 bits per heavy atom. The lowest BCUT2D eigenvalue weighted by Gasteiger charge is -2.44. The fourth-order valence-corrected chi connectivity index (χ4v) is 5.01. The molecule has 0 spiro atoms. The van der Waals surface area contributed by atoms with E-state index in [1.807, 2.05) is 18.2 Å². The number of fused-ring (bicyclic) bond motifs is 2. The Morgan fingerprint density at radius 3 is 2.83 bits per heavy atom. The zero-order valence-electron chi connectivity index (χ0n) is 9.20. The predicted octanol–water partition coefficient (Wildman–Crippen LogP) is 4.12. The van der Waals surface area contributed by atoms with Crippen molar-refractivity contribution >= 4 is 60.4 Å². The van der Waals surface area contributed by atoms with Crippen molar-refractivity contribution in [3.8, 4) is 0 Å². The summed E-state index contributed by atoms with van der Waals surface area (Å²) in [5.74, 6) is -0.0650. The van der Waals surface area contributed by atoms with E-state index in [4.69, 9.17) is 4.74 Å². The van der Waals surface area contributed by atoms with Crippen molar-refractivity contribution < 1.29 is 9.53 Å². The normalized spacial score (nSPS) is 34.2. The average Bonchev–Trinajstić information content (AvgIpc) is 2.32. The Kier molecular flexibility index (Phi) is 3.35. The number of ether oxygens (including phenoxy) is 1. The lowest BCUT2D eigenvalue weighted by atomic mass is 9.76. The van der Waals surface area contributed by atoms with Crippen molar-refractivity contribution in [3.63, 3.8) is 0 Å². The quantitative estimate of drug-likeness (QED) is 0.341. The minimum absolute atomic E-state index is 0.123. The second-order valence-corrected chi connectivity index (χ2v) is 7.89. The van der Waals surface area contributed by atoms with Gasteiger partial charge in [-0.25, -0.2) is 0 Å². The molecule has 1 aliphatic carbocycles. The number of rotatable bonds is 1. The first-order valence-electron chi connectivity index (χ1n) is 5.55. The summed E-state index contributed by atoms with van der Waals surface area (Å²) >= 11 is 9.39. The van der Waals surface area contributed by atoms with E-state index in [9.17, 15) is 4.79 Å². The fraction of sp³-hybridized carbons (Fsp3) is 0.308. The van der Waals surface area contributed by atoms with Gasteiger partial charge in [0.15, 0.2) is 0 Å². The van der Waals surface area contributed by atoms with Crippen LogP contribution in [-0.4, -0.2) is 16.4 Å². The number of hydrogen-bond donors (Lipinski definition) is 0. The molecule has 1 fully saturated rings. The Labute approximate surface area is 136 Å². The van der Waals surface area contributed by atoms with E-state index in [1.54, 1.807) is 0 Å². The molecule has 2 nitrogen and oxygen atoms in total. The van der Waals surface area contributed by atoms with Crippen LogP contribution < -0.4 is 0 Å². The third-order valence-electron chi connectivity index (χ3n) is 3.46. The second-order valence-electron chi connectivity index (χ2n) is 4.50. The highest BCUT2D eigenvalue weighted by Crippen LogP contribution is 2.52. The second kappa shape index (κ2) is 4.59. The molecule has 2 aliphatic heterocycles. The molecular formula is C13H9Br2IO2. The molecule has 94 valence electrons. The van der Waals surface area contributed by atoms with Crippen LogP contribution in [0.3, 0.4) is 0 Å². The SMILES string of the molecule is O=C1O[C@H]2C[C@H](c3ccccc3I)[C@@]1(Br)C=C2Br. The lowest BCUT2D eigenvalue weighted by Crippen LogP contribution is -2.51. The van der Waals surface area contributed by atoms with Crippen LogP contribution in [0.4, 0.5) is 0 Å². The van der Waals surface area contributed by atoms with Gasteiger partial charge in [-0.2, -0.15) is 0 Å². The maximum absolute atomic E-state index is 12.1. The first-order valence-corrected chi connectivity index (χ1v) is 8.21. The van der Waals surface area contributed by atoms with Gasteiger partial charge in [-0.05, 0) is 46.7 Å². The van der Waals surface area contributed by atoms with E-state index >= 15 is 0 Å². The molecule has 0 saturated carbocycles. The predicted molar refractivity (Wildman–Crippen MR) is 85.1 cm³/mol. The van der Waals surface area contributed by atoms with Crippen LogP contribution in [0.15, 0.2) is 34.8 Å². The minimum Gasteiger partial charge on any atom is -0.456 e. The number of esters is 1. The summed E-state index contributed by atoms with van der Waals surface area (Å²) in [5.41, 5.74) is 1.20. The van der Waals surface area contributed by atoms with Crippen molar-refractivity contribution in [2.24, 2.45) is 0 Å². The highest BCUT2D eigenvalue weighted by Gasteiger charge is 2.54. The van der Waals surface area contributed by atoms with E-state index in [2.05, 4.69) is 66.6 Å². The Morgan fingerprint density at radius 1 is 1.39 bits per heavy atom. The molecule has 5 heteroatoms. The van der Waals surface area contributed by atoms with Crippen LogP contribution in [0.1, 0.15) is 17.9 Å². The van der Waals surface area contributed by atoms with Crippen LogP contribution in [0.2, 0.25) is 0 Å². The Bertz CT molecular complexity index is 558. The minimum atomic E-state index is -0.734. The van der Waals surface area contributed by atoms with Crippen LogP contribution in [0, 0.1) is 3.57 Å². The van der Waals surface area contributed by atoms with E-state index in [-0.39, 0.29) is 18.0 Å². The summed E-state index contributed by atoms with van der Waals surface area (Å²) in [4.78, 5) is 12.1. The maximum Gasteiger partial charge on any atom is 0.328 e. The first-order chi connectivity index (χ1) is 8.52. The van der Waals surface area contributed by atoms with Crippen molar-refractivity contribution in [3.05, 3.63) is 44.0 Å². The number of hydrogen-bond acceptors (Lipinski definition) is 2. The highest BCUT2D eigenvalue weighted by molar-refractivity contribution is 14.1. The average molecular weight is 484 g/mol. The van der Waals surface area contributed by atoms with Gasteiger partial charge in [0.1, 0.15) is 10.4 Å². The van der Waals surface area contributed by atoms with Crippen molar-refractivity contribution in [1.82, 2.24) is 0 Å². The van der Waals surface area contributed by atoms with Crippen molar-refractivity contribution in [2.45, 2.75) is 22.8 Å². The molecule has 1 saturated heterocycles. The van der Waals surface area contributed by atoms with E-state index in [1.165, 1.54) is 9.13 Å². The Balaban J connectivity index is 2.11. The van der Waals surface area contributed by atoms with Gasteiger partial charge in [0.05, 0.1) is 0 Å². The molecule has 3 atom stereocenters. The standard InChI is InChI=1S/C13H9Br2IO2/c14-9-6-13(15)8(5-11(9)18-12(13)17)7-3-1-2-4-10(7)16/h1-4,6,8,11H,5H2/t8-,11+,13+/m1/s1. The van der Waals surface area contributed by atoms with E-state index < -0.39 is 4.32 Å². The molecule has 1 aromatic rings. The van der Waals surface area contributed by atoms with Crippen LogP contribution in [-0.2, 0) is 9.53 Å². The molecule has 0 amide bonds. The summed E-state index contributed by atoms with van der Waals surface area (Å²) in [7, 11) is 0. The van der Waals surface area contributed by atoms with Crippen LogP contribution in [0.25, 0.3) is 0 Å².